The first-order chi connectivity index (χ1) is 14.0. The van der Waals surface area contributed by atoms with E-state index in [4.69, 9.17) is 4.74 Å². The van der Waals surface area contributed by atoms with Crippen molar-refractivity contribution in [1.29, 1.82) is 0 Å². The molecule has 6 nitrogen and oxygen atoms in total. The van der Waals surface area contributed by atoms with Gasteiger partial charge in [0.15, 0.2) is 0 Å². The number of rotatable bonds is 6. The fourth-order valence-electron chi connectivity index (χ4n) is 3.94. The number of sulfonamides is 1. The van der Waals surface area contributed by atoms with Crippen LogP contribution < -0.4 is 14.4 Å². The van der Waals surface area contributed by atoms with Crippen molar-refractivity contribution in [2.24, 2.45) is 5.92 Å². The number of fused-ring (bicyclic) bond motifs is 1. The fraction of sp³-hybridized carbons (Fsp3) is 0.318. The van der Waals surface area contributed by atoms with E-state index in [1.54, 1.807) is 25.4 Å². The number of ether oxygens (including phenoxy) is 1. The van der Waals surface area contributed by atoms with Crippen molar-refractivity contribution in [2.45, 2.75) is 18.2 Å². The Morgan fingerprint density at radius 1 is 1.17 bits per heavy atom. The smallest absolute Gasteiger partial charge is 0.241 e. The summed E-state index contributed by atoms with van der Waals surface area (Å²) in [4.78, 5) is 6.88. The molecule has 0 bridgehead atoms. The number of methoxy groups -OCH3 is 1. The molecule has 2 aromatic carbocycles. The van der Waals surface area contributed by atoms with E-state index in [1.807, 2.05) is 43.3 Å². The van der Waals surface area contributed by atoms with Gasteiger partial charge in [-0.3, -0.25) is 4.98 Å². The van der Waals surface area contributed by atoms with Crippen LogP contribution in [0.5, 0.6) is 5.75 Å². The van der Waals surface area contributed by atoms with Gasteiger partial charge in [-0.2, -0.15) is 0 Å². The molecule has 1 aromatic heterocycles. The van der Waals surface area contributed by atoms with Gasteiger partial charge in [-0.25, -0.2) is 13.1 Å². The minimum absolute atomic E-state index is 0.240. The molecule has 152 valence electrons. The molecule has 1 saturated heterocycles. The van der Waals surface area contributed by atoms with Gasteiger partial charge < -0.3 is 9.64 Å². The largest absolute Gasteiger partial charge is 0.495 e. The Hall–Kier alpha value is -2.64. The SMILES string of the molecule is COc1ccccc1N1CCC(CNS(=O)(=O)c2ccc(C)c3ncccc23)C1. The molecule has 1 fully saturated rings. The minimum atomic E-state index is -3.62. The van der Waals surface area contributed by atoms with Gasteiger partial charge in [0.05, 0.1) is 23.2 Å². The molecule has 1 unspecified atom stereocenters. The van der Waals surface area contributed by atoms with E-state index in [0.717, 1.165) is 42.0 Å². The molecule has 3 aromatic rings. The highest BCUT2D eigenvalue weighted by Gasteiger charge is 2.27. The normalized spacial score (nSPS) is 17.0. The summed E-state index contributed by atoms with van der Waals surface area (Å²) in [5, 5.41) is 0.655. The van der Waals surface area contributed by atoms with Gasteiger partial charge >= 0.3 is 0 Å². The second-order valence-corrected chi connectivity index (χ2v) is 9.14. The third-order valence-electron chi connectivity index (χ3n) is 5.49. The Labute approximate surface area is 171 Å². The molecule has 1 aliphatic heterocycles. The maximum atomic E-state index is 13.0. The maximum absolute atomic E-state index is 13.0. The summed E-state index contributed by atoms with van der Waals surface area (Å²) in [6, 6.07) is 15.0. The van der Waals surface area contributed by atoms with Gasteiger partial charge in [0, 0.05) is 31.2 Å². The number of anilines is 1. The van der Waals surface area contributed by atoms with Crippen molar-refractivity contribution in [2.75, 3.05) is 31.6 Å². The number of hydrogen-bond donors (Lipinski definition) is 1. The van der Waals surface area contributed by atoms with Crippen molar-refractivity contribution in [3.05, 3.63) is 60.3 Å². The summed E-state index contributed by atoms with van der Waals surface area (Å²) >= 11 is 0. The summed E-state index contributed by atoms with van der Waals surface area (Å²) in [7, 11) is -1.95. The number of nitrogens with zero attached hydrogens (tertiary/aromatic N) is 2. The highest BCUT2D eigenvalue weighted by Crippen LogP contribution is 2.32. The standard InChI is InChI=1S/C22H25N3O3S/c1-16-9-10-21(18-6-5-12-23-22(16)18)29(26,27)24-14-17-11-13-25(15-17)19-7-3-4-8-20(19)28-2/h3-10,12,17,24H,11,13-15H2,1-2H3. The van der Waals surface area contributed by atoms with E-state index in [1.165, 1.54) is 0 Å². The van der Waals surface area contributed by atoms with Crippen molar-refractivity contribution in [3.63, 3.8) is 0 Å². The van der Waals surface area contributed by atoms with Crippen LogP contribution >= 0.6 is 0 Å². The molecule has 4 rings (SSSR count). The molecule has 0 saturated carbocycles. The molecule has 29 heavy (non-hydrogen) atoms. The molecular weight excluding hydrogens is 386 g/mol. The highest BCUT2D eigenvalue weighted by atomic mass is 32.2. The van der Waals surface area contributed by atoms with Crippen LogP contribution in [0.4, 0.5) is 5.69 Å². The van der Waals surface area contributed by atoms with Crippen molar-refractivity contribution in [3.8, 4) is 5.75 Å². The lowest BCUT2D eigenvalue weighted by Gasteiger charge is -2.21. The first kappa shape index (κ1) is 19.7. The Morgan fingerprint density at radius 3 is 2.83 bits per heavy atom. The Morgan fingerprint density at radius 2 is 2.00 bits per heavy atom. The van der Waals surface area contributed by atoms with Gasteiger partial charge in [0.1, 0.15) is 5.75 Å². The summed E-state index contributed by atoms with van der Waals surface area (Å²) in [6.07, 6.45) is 2.61. The van der Waals surface area contributed by atoms with Crippen LogP contribution in [0.3, 0.4) is 0 Å². The van der Waals surface area contributed by atoms with Gasteiger partial charge in [0.2, 0.25) is 10.0 Å². The van der Waals surface area contributed by atoms with E-state index < -0.39 is 10.0 Å². The van der Waals surface area contributed by atoms with Crippen LogP contribution in [0.1, 0.15) is 12.0 Å². The molecule has 2 heterocycles. The molecule has 0 radical (unpaired) electrons. The van der Waals surface area contributed by atoms with E-state index >= 15 is 0 Å². The molecule has 0 spiro atoms. The van der Waals surface area contributed by atoms with Gasteiger partial charge in [0.25, 0.3) is 0 Å². The molecule has 1 aliphatic rings. The number of para-hydroxylation sites is 2. The monoisotopic (exact) mass is 411 g/mol. The molecule has 1 atom stereocenters. The Kier molecular flexibility index (Phi) is 5.43. The van der Waals surface area contributed by atoms with Crippen molar-refractivity contribution in [1.82, 2.24) is 9.71 Å². The lowest BCUT2D eigenvalue weighted by Crippen LogP contribution is -2.31. The third-order valence-corrected chi connectivity index (χ3v) is 6.98. The van der Waals surface area contributed by atoms with Crippen LogP contribution in [0.15, 0.2) is 59.6 Å². The van der Waals surface area contributed by atoms with Crippen molar-refractivity contribution < 1.29 is 13.2 Å². The quantitative estimate of drug-likeness (QED) is 0.673. The lowest BCUT2D eigenvalue weighted by molar-refractivity contribution is 0.414. The second-order valence-electron chi connectivity index (χ2n) is 7.40. The summed E-state index contributed by atoms with van der Waals surface area (Å²) in [6.45, 7) is 4.01. The van der Waals surface area contributed by atoms with Crippen LogP contribution in [-0.2, 0) is 10.0 Å². The number of pyridine rings is 1. The third kappa shape index (κ3) is 3.93. The fourth-order valence-corrected chi connectivity index (χ4v) is 5.25. The Bertz CT molecular complexity index is 1130. The molecule has 7 heteroatoms. The molecule has 1 N–H and O–H groups in total. The number of aromatic nitrogens is 1. The van der Waals surface area contributed by atoms with Gasteiger partial charge in [-0.1, -0.05) is 18.2 Å². The molecular formula is C22H25N3O3S. The number of nitrogens with one attached hydrogen (secondary N) is 1. The van der Waals surface area contributed by atoms with E-state index in [-0.39, 0.29) is 10.8 Å². The average Bonchev–Trinajstić information content (AvgIpc) is 3.21. The highest BCUT2D eigenvalue weighted by molar-refractivity contribution is 7.89. The lowest BCUT2D eigenvalue weighted by atomic mass is 10.1. The zero-order valence-electron chi connectivity index (χ0n) is 16.6. The molecule has 0 amide bonds. The van der Waals surface area contributed by atoms with Crippen LogP contribution in [0.2, 0.25) is 0 Å². The summed E-state index contributed by atoms with van der Waals surface area (Å²) in [5.74, 6) is 1.08. The van der Waals surface area contributed by atoms with Gasteiger partial charge in [-0.05, 0) is 55.2 Å². The van der Waals surface area contributed by atoms with E-state index in [2.05, 4.69) is 14.6 Å². The van der Waals surface area contributed by atoms with E-state index in [0.29, 0.717) is 11.9 Å². The van der Waals surface area contributed by atoms with Crippen LogP contribution in [-0.4, -0.2) is 40.1 Å². The molecule has 0 aliphatic carbocycles. The second kappa shape index (κ2) is 8.00. The first-order valence-electron chi connectivity index (χ1n) is 9.71. The van der Waals surface area contributed by atoms with E-state index in [9.17, 15) is 8.42 Å². The number of hydrogen-bond acceptors (Lipinski definition) is 5. The Balaban J connectivity index is 1.48. The minimum Gasteiger partial charge on any atom is -0.495 e. The van der Waals surface area contributed by atoms with Crippen LogP contribution in [0, 0.1) is 12.8 Å². The number of aryl methyl sites for hydroxylation is 1. The predicted octanol–water partition coefficient (Wildman–Crippen LogP) is 3.36. The topological polar surface area (TPSA) is 71.5 Å². The van der Waals surface area contributed by atoms with Gasteiger partial charge in [-0.15, -0.1) is 0 Å². The zero-order chi connectivity index (χ0) is 20.4. The first-order valence-corrected chi connectivity index (χ1v) is 11.2. The van der Waals surface area contributed by atoms with Crippen LogP contribution in [0.25, 0.3) is 10.9 Å². The maximum Gasteiger partial charge on any atom is 0.241 e. The average molecular weight is 412 g/mol. The van der Waals surface area contributed by atoms with Crippen molar-refractivity contribution >= 4 is 26.6 Å². The zero-order valence-corrected chi connectivity index (χ0v) is 17.4. The number of benzene rings is 2. The summed E-state index contributed by atoms with van der Waals surface area (Å²) in [5.41, 5.74) is 2.73. The summed E-state index contributed by atoms with van der Waals surface area (Å²) < 4.78 is 34.3. The predicted molar refractivity (Wildman–Crippen MR) is 115 cm³/mol.